The highest BCUT2D eigenvalue weighted by Crippen LogP contribution is 2.19. The Morgan fingerprint density at radius 3 is 2.80 bits per heavy atom. The lowest BCUT2D eigenvalue weighted by Gasteiger charge is -2.04. The summed E-state index contributed by atoms with van der Waals surface area (Å²) in [5, 5.41) is 10.5. The second-order valence-electron chi connectivity index (χ2n) is 4.00. The Morgan fingerprint density at radius 1 is 1.30 bits per heavy atom. The third-order valence-corrected chi connectivity index (χ3v) is 5.25. The Hall–Kier alpha value is -1.05. The van der Waals surface area contributed by atoms with Crippen molar-refractivity contribution >= 4 is 40.8 Å². The van der Waals surface area contributed by atoms with Crippen LogP contribution in [0.2, 0.25) is 0 Å². The first-order chi connectivity index (χ1) is 9.74. The van der Waals surface area contributed by atoms with Crippen molar-refractivity contribution in [2.75, 3.05) is 18.1 Å². The van der Waals surface area contributed by atoms with Crippen LogP contribution in [0.5, 0.6) is 0 Å². The zero-order chi connectivity index (χ0) is 14.2. The Bertz CT molecular complexity index is 528. The van der Waals surface area contributed by atoms with E-state index in [0.717, 1.165) is 10.1 Å². The fraction of sp³-hybridized carbons (Fsp3) is 0.308. The van der Waals surface area contributed by atoms with Crippen LogP contribution in [0.25, 0.3) is 0 Å². The minimum Gasteiger partial charge on any atom is -0.355 e. The second-order valence-corrected chi connectivity index (χ2v) is 7.23. The van der Waals surface area contributed by atoms with Crippen molar-refractivity contribution in [2.24, 2.45) is 0 Å². The lowest BCUT2D eigenvalue weighted by Crippen LogP contribution is -2.27. The maximum atomic E-state index is 11.6. The van der Waals surface area contributed by atoms with Gasteiger partial charge < -0.3 is 5.32 Å². The molecule has 20 heavy (non-hydrogen) atoms. The highest BCUT2D eigenvalue weighted by atomic mass is 32.2. The molecular formula is C13H15N3OS3. The van der Waals surface area contributed by atoms with Crippen molar-refractivity contribution in [1.29, 1.82) is 0 Å². The highest BCUT2D eigenvalue weighted by Gasteiger charge is 2.04. The van der Waals surface area contributed by atoms with Gasteiger partial charge in [-0.25, -0.2) is 0 Å². The Balaban J connectivity index is 1.58. The van der Waals surface area contributed by atoms with Crippen LogP contribution in [0.3, 0.4) is 0 Å². The molecule has 4 nitrogen and oxygen atoms in total. The van der Waals surface area contributed by atoms with Crippen LogP contribution < -0.4 is 5.32 Å². The van der Waals surface area contributed by atoms with Crippen molar-refractivity contribution in [3.8, 4) is 0 Å². The third-order valence-electron chi connectivity index (χ3n) is 2.38. The lowest BCUT2D eigenvalue weighted by atomic mass is 10.2. The Labute approximate surface area is 130 Å². The van der Waals surface area contributed by atoms with E-state index in [1.165, 1.54) is 33.6 Å². The molecule has 106 valence electrons. The van der Waals surface area contributed by atoms with Crippen molar-refractivity contribution in [2.45, 2.75) is 16.2 Å². The van der Waals surface area contributed by atoms with E-state index in [-0.39, 0.29) is 5.91 Å². The van der Waals surface area contributed by atoms with Gasteiger partial charge in [0.1, 0.15) is 5.51 Å². The Kier molecular flexibility index (Phi) is 6.35. The average molecular weight is 325 g/mol. The molecular weight excluding hydrogens is 310 g/mol. The maximum Gasteiger partial charge on any atom is 0.230 e. The minimum absolute atomic E-state index is 0.0368. The fourth-order valence-electron chi connectivity index (χ4n) is 1.40. The molecule has 1 N–H and O–H groups in total. The number of nitrogens with one attached hydrogen (secondary N) is 1. The van der Waals surface area contributed by atoms with E-state index in [0.29, 0.717) is 12.3 Å². The molecule has 7 heteroatoms. The van der Waals surface area contributed by atoms with Gasteiger partial charge in [-0.2, -0.15) is 0 Å². The van der Waals surface area contributed by atoms with Gasteiger partial charge in [-0.1, -0.05) is 40.8 Å². The van der Waals surface area contributed by atoms with Crippen molar-refractivity contribution in [3.63, 3.8) is 0 Å². The van der Waals surface area contributed by atoms with E-state index in [1.807, 2.05) is 0 Å². The van der Waals surface area contributed by atoms with E-state index in [2.05, 4.69) is 46.7 Å². The van der Waals surface area contributed by atoms with E-state index in [9.17, 15) is 4.79 Å². The lowest BCUT2D eigenvalue weighted by molar-refractivity contribution is -0.118. The fourth-order valence-corrected chi connectivity index (χ4v) is 3.48. The number of hydrogen-bond donors (Lipinski definition) is 1. The molecule has 0 bridgehead atoms. The van der Waals surface area contributed by atoms with E-state index < -0.39 is 0 Å². The summed E-state index contributed by atoms with van der Waals surface area (Å²) in [5.41, 5.74) is 2.93. The van der Waals surface area contributed by atoms with Crippen LogP contribution in [0.15, 0.2) is 39.0 Å². The first-order valence-corrected chi connectivity index (χ1v) is 8.94. The summed E-state index contributed by atoms with van der Waals surface area (Å²) in [6.07, 6.45) is 0. The van der Waals surface area contributed by atoms with Gasteiger partial charge in [0.15, 0.2) is 4.34 Å². The average Bonchev–Trinajstić information content (AvgIpc) is 2.96. The van der Waals surface area contributed by atoms with E-state index in [4.69, 9.17) is 0 Å². The monoisotopic (exact) mass is 325 g/mol. The topological polar surface area (TPSA) is 54.9 Å². The summed E-state index contributed by atoms with van der Waals surface area (Å²) in [7, 11) is 0. The van der Waals surface area contributed by atoms with Crippen LogP contribution in [0.4, 0.5) is 0 Å². The van der Waals surface area contributed by atoms with Crippen molar-refractivity contribution in [3.05, 3.63) is 35.3 Å². The number of carbonyl (C=O) groups excluding carboxylic acids is 1. The van der Waals surface area contributed by atoms with Gasteiger partial charge in [0.05, 0.1) is 5.75 Å². The van der Waals surface area contributed by atoms with Crippen LogP contribution in [0.1, 0.15) is 5.56 Å². The van der Waals surface area contributed by atoms with Crippen molar-refractivity contribution < 1.29 is 4.79 Å². The molecule has 2 aromatic rings. The first-order valence-electron chi connectivity index (χ1n) is 6.09. The molecule has 1 aromatic carbocycles. The summed E-state index contributed by atoms with van der Waals surface area (Å²) in [6, 6.07) is 8.40. The molecule has 0 aliphatic heterocycles. The Morgan fingerprint density at radius 2 is 2.10 bits per heavy atom. The van der Waals surface area contributed by atoms with Crippen LogP contribution in [-0.4, -0.2) is 34.2 Å². The van der Waals surface area contributed by atoms with Gasteiger partial charge in [0.25, 0.3) is 0 Å². The number of rotatable bonds is 7. The number of aromatic nitrogens is 2. The largest absolute Gasteiger partial charge is 0.355 e. The van der Waals surface area contributed by atoms with Crippen LogP contribution in [-0.2, 0) is 4.79 Å². The van der Waals surface area contributed by atoms with Gasteiger partial charge >= 0.3 is 0 Å². The number of carbonyl (C=O) groups is 1. The smallest absolute Gasteiger partial charge is 0.230 e. The normalized spacial score (nSPS) is 10.4. The predicted molar refractivity (Wildman–Crippen MR) is 85.5 cm³/mol. The number of amides is 1. The number of benzene rings is 1. The molecule has 0 fully saturated rings. The zero-order valence-electron chi connectivity index (χ0n) is 11.0. The standard InChI is InChI=1S/C13H15N3OS3/c1-10-2-4-11(5-3-10)18-7-6-14-12(17)8-19-13-16-15-9-20-13/h2-5,9H,6-8H2,1H3,(H,14,17). The highest BCUT2D eigenvalue weighted by molar-refractivity contribution is 8.01. The number of thioether (sulfide) groups is 2. The molecule has 0 aliphatic rings. The van der Waals surface area contributed by atoms with Crippen LogP contribution >= 0.6 is 34.9 Å². The summed E-state index contributed by atoms with van der Waals surface area (Å²) < 4.78 is 0.828. The summed E-state index contributed by atoms with van der Waals surface area (Å²) in [6.45, 7) is 2.75. The van der Waals surface area contributed by atoms with E-state index in [1.54, 1.807) is 17.3 Å². The van der Waals surface area contributed by atoms with Gasteiger partial charge in [0.2, 0.25) is 5.91 Å². The molecule has 1 aromatic heterocycles. The predicted octanol–water partition coefficient (Wildman–Crippen LogP) is 2.85. The molecule has 2 rings (SSSR count). The molecule has 0 atom stereocenters. The van der Waals surface area contributed by atoms with E-state index >= 15 is 0 Å². The van der Waals surface area contributed by atoms with Gasteiger partial charge in [-0.05, 0) is 19.1 Å². The van der Waals surface area contributed by atoms with Crippen molar-refractivity contribution in [1.82, 2.24) is 15.5 Å². The zero-order valence-corrected chi connectivity index (χ0v) is 13.5. The van der Waals surface area contributed by atoms with Gasteiger partial charge in [-0.15, -0.1) is 22.0 Å². The molecule has 0 spiro atoms. The SMILES string of the molecule is Cc1ccc(SCCNC(=O)CSc2nncs2)cc1. The minimum atomic E-state index is 0.0368. The number of aryl methyl sites for hydroxylation is 1. The molecule has 1 heterocycles. The number of nitrogens with zero attached hydrogens (tertiary/aromatic N) is 2. The van der Waals surface area contributed by atoms with Gasteiger partial charge in [0, 0.05) is 17.2 Å². The third kappa shape index (κ3) is 5.52. The first kappa shape index (κ1) is 15.3. The summed E-state index contributed by atoms with van der Waals surface area (Å²) in [4.78, 5) is 12.8. The number of hydrogen-bond acceptors (Lipinski definition) is 6. The summed E-state index contributed by atoms with van der Waals surface area (Å²) in [5.74, 6) is 1.30. The second kappa shape index (κ2) is 8.28. The molecule has 0 saturated heterocycles. The summed E-state index contributed by atoms with van der Waals surface area (Å²) >= 11 is 4.61. The molecule has 1 amide bonds. The maximum absolute atomic E-state index is 11.6. The van der Waals surface area contributed by atoms with Crippen LogP contribution in [0, 0.1) is 6.92 Å². The quantitative estimate of drug-likeness (QED) is 0.627. The molecule has 0 saturated carbocycles. The molecule has 0 aliphatic carbocycles. The van der Waals surface area contributed by atoms with Gasteiger partial charge in [-0.3, -0.25) is 4.79 Å². The molecule has 0 unspecified atom stereocenters. The molecule has 0 radical (unpaired) electrons.